The fraction of sp³-hybridized carbons (Fsp3) is 0.417. The molecule has 1 atom stereocenters. The van der Waals surface area contributed by atoms with Gasteiger partial charge in [-0.25, -0.2) is 0 Å². The Morgan fingerprint density at radius 2 is 2.38 bits per heavy atom. The first-order valence-electron chi connectivity index (χ1n) is 5.37. The van der Waals surface area contributed by atoms with E-state index in [-0.39, 0.29) is 0 Å². The molecule has 0 aromatic heterocycles. The zero-order valence-electron chi connectivity index (χ0n) is 9.31. The molecule has 1 aliphatic rings. The van der Waals surface area contributed by atoms with Crippen molar-refractivity contribution >= 4 is 11.4 Å². The molecule has 16 heavy (non-hydrogen) atoms. The topological polar surface area (TPSA) is 62.3 Å². The summed E-state index contributed by atoms with van der Waals surface area (Å²) in [4.78, 5) is 2.19. The molecule has 0 aliphatic carbocycles. The van der Waals surface area contributed by atoms with Crippen LogP contribution in [-0.4, -0.2) is 25.8 Å². The molecule has 0 spiro atoms. The van der Waals surface area contributed by atoms with Crippen LogP contribution in [0.5, 0.6) is 0 Å². The molecule has 4 heteroatoms. The maximum Gasteiger partial charge on any atom is 0.101 e. The molecule has 0 bridgehead atoms. The van der Waals surface area contributed by atoms with Crippen molar-refractivity contribution in [1.82, 2.24) is 0 Å². The molecule has 1 aromatic carbocycles. The Hall–Kier alpha value is -1.73. The smallest absolute Gasteiger partial charge is 0.101 e. The standard InChI is InChI=1S/C12H15N3O/c1-9-8-16-6-5-15(9)11-4-2-3-10(7-13)12(11)14/h2-4,9H,5-6,8,14H2,1H3. The van der Waals surface area contributed by atoms with E-state index < -0.39 is 0 Å². The summed E-state index contributed by atoms with van der Waals surface area (Å²) >= 11 is 0. The first kappa shape index (κ1) is 10.8. The fourth-order valence-electron chi connectivity index (χ4n) is 1.99. The van der Waals surface area contributed by atoms with Gasteiger partial charge in [0.1, 0.15) is 6.07 Å². The van der Waals surface area contributed by atoms with Crippen LogP contribution < -0.4 is 10.6 Å². The number of anilines is 2. The second kappa shape index (κ2) is 4.42. The molecule has 1 fully saturated rings. The number of hydrogen-bond donors (Lipinski definition) is 1. The van der Waals surface area contributed by atoms with E-state index in [9.17, 15) is 0 Å². The van der Waals surface area contributed by atoms with Gasteiger partial charge in [0.2, 0.25) is 0 Å². The molecule has 0 radical (unpaired) electrons. The Morgan fingerprint density at radius 3 is 3.06 bits per heavy atom. The van der Waals surface area contributed by atoms with Crippen molar-refractivity contribution in [1.29, 1.82) is 5.26 Å². The van der Waals surface area contributed by atoms with Gasteiger partial charge in [-0.1, -0.05) is 6.07 Å². The molecular weight excluding hydrogens is 202 g/mol. The lowest BCUT2D eigenvalue weighted by atomic mass is 10.1. The second-order valence-corrected chi connectivity index (χ2v) is 3.97. The highest BCUT2D eigenvalue weighted by atomic mass is 16.5. The number of para-hydroxylation sites is 1. The van der Waals surface area contributed by atoms with Crippen molar-refractivity contribution in [2.45, 2.75) is 13.0 Å². The van der Waals surface area contributed by atoms with Crippen molar-refractivity contribution in [3.05, 3.63) is 23.8 Å². The molecule has 0 saturated carbocycles. The summed E-state index contributed by atoms with van der Waals surface area (Å²) in [5.74, 6) is 0. The van der Waals surface area contributed by atoms with E-state index in [1.54, 1.807) is 6.07 Å². The molecule has 1 aromatic rings. The van der Waals surface area contributed by atoms with Gasteiger partial charge in [0, 0.05) is 12.6 Å². The summed E-state index contributed by atoms with van der Waals surface area (Å²) in [5.41, 5.74) is 8.03. The van der Waals surface area contributed by atoms with Crippen LogP contribution >= 0.6 is 0 Å². The van der Waals surface area contributed by atoms with E-state index in [1.807, 2.05) is 12.1 Å². The van der Waals surface area contributed by atoms with Gasteiger partial charge >= 0.3 is 0 Å². The molecule has 1 heterocycles. The molecule has 1 unspecified atom stereocenters. The largest absolute Gasteiger partial charge is 0.396 e. The van der Waals surface area contributed by atoms with E-state index in [4.69, 9.17) is 15.7 Å². The van der Waals surface area contributed by atoms with Gasteiger partial charge in [-0.05, 0) is 19.1 Å². The van der Waals surface area contributed by atoms with Gasteiger partial charge in [0.05, 0.1) is 30.2 Å². The van der Waals surface area contributed by atoms with Crippen LogP contribution in [0.2, 0.25) is 0 Å². The summed E-state index contributed by atoms with van der Waals surface area (Å²) in [6, 6.07) is 7.97. The average Bonchev–Trinajstić information content (AvgIpc) is 2.31. The summed E-state index contributed by atoms with van der Waals surface area (Å²) in [5, 5.41) is 8.93. The van der Waals surface area contributed by atoms with Crippen molar-refractivity contribution in [2.24, 2.45) is 0 Å². The number of nitrogen functional groups attached to an aromatic ring is 1. The molecule has 4 nitrogen and oxygen atoms in total. The first-order valence-corrected chi connectivity index (χ1v) is 5.37. The molecule has 0 amide bonds. The summed E-state index contributed by atoms with van der Waals surface area (Å²) in [6.07, 6.45) is 0. The van der Waals surface area contributed by atoms with Gasteiger partial charge in [0.15, 0.2) is 0 Å². The lowest BCUT2D eigenvalue weighted by Gasteiger charge is -2.36. The van der Waals surface area contributed by atoms with Crippen LogP contribution in [0, 0.1) is 11.3 Å². The summed E-state index contributed by atoms with van der Waals surface area (Å²) in [6.45, 7) is 4.33. The monoisotopic (exact) mass is 217 g/mol. The minimum atomic E-state index is 0.296. The van der Waals surface area contributed by atoms with Crippen LogP contribution in [0.15, 0.2) is 18.2 Å². The molecule has 1 saturated heterocycles. The number of benzene rings is 1. The molecule has 1 aliphatic heterocycles. The molecule has 84 valence electrons. The van der Waals surface area contributed by atoms with E-state index in [0.29, 0.717) is 30.5 Å². The Kier molecular flexibility index (Phi) is 2.97. The summed E-state index contributed by atoms with van der Waals surface area (Å²) < 4.78 is 5.38. The molecular formula is C12H15N3O. The highest BCUT2D eigenvalue weighted by Gasteiger charge is 2.21. The lowest BCUT2D eigenvalue weighted by Crippen LogP contribution is -2.44. The van der Waals surface area contributed by atoms with Crippen LogP contribution in [0.4, 0.5) is 11.4 Å². The van der Waals surface area contributed by atoms with Crippen LogP contribution in [0.3, 0.4) is 0 Å². The van der Waals surface area contributed by atoms with E-state index in [0.717, 1.165) is 12.2 Å². The van der Waals surface area contributed by atoms with Gasteiger partial charge in [-0.15, -0.1) is 0 Å². The summed E-state index contributed by atoms with van der Waals surface area (Å²) in [7, 11) is 0. The number of nitrogens with two attached hydrogens (primary N) is 1. The van der Waals surface area contributed by atoms with Crippen LogP contribution in [0.25, 0.3) is 0 Å². The minimum absolute atomic E-state index is 0.296. The van der Waals surface area contributed by atoms with Gasteiger partial charge < -0.3 is 15.4 Å². The number of nitriles is 1. The predicted octanol–water partition coefficient (Wildman–Crippen LogP) is 1.37. The Labute approximate surface area is 95.2 Å². The number of morpholine rings is 1. The van der Waals surface area contributed by atoms with Gasteiger partial charge in [-0.2, -0.15) is 5.26 Å². The highest BCUT2D eigenvalue weighted by molar-refractivity contribution is 5.74. The van der Waals surface area contributed by atoms with Crippen LogP contribution in [-0.2, 0) is 4.74 Å². The zero-order chi connectivity index (χ0) is 11.5. The first-order chi connectivity index (χ1) is 7.74. The number of ether oxygens (including phenoxy) is 1. The third-order valence-electron chi connectivity index (χ3n) is 2.88. The lowest BCUT2D eigenvalue weighted by molar-refractivity contribution is 0.0990. The normalized spacial score (nSPS) is 20.5. The zero-order valence-corrected chi connectivity index (χ0v) is 9.31. The quantitative estimate of drug-likeness (QED) is 0.721. The number of rotatable bonds is 1. The third kappa shape index (κ3) is 1.82. The Balaban J connectivity index is 2.36. The Morgan fingerprint density at radius 1 is 1.56 bits per heavy atom. The molecule has 2 rings (SSSR count). The van der Waals surface area contributed by atoms with E-state index in [2.05, 4.69) is 17.9 Å². The fourth-order valence-corrected chi connectivity index (χ4v) is 1.99. The second-order valence-electron chi connectivity index (χ2n) is 3.97. The van der Waals surface area contributed by atoms with E-state index >= 15 is 0 Å². The molecule has 2 N–H and O–H groups in total. The van der Waals surface area contributed by atoms with Crippen molar-refractivity contribution in [2.75, 3.05) is 30.4 Å². The predicted molar refractivity (Wildman–Crippen MR) is 63.2 cm³/mol. The van der Waals surface area contributed by atoms with Gasteiger partial charge in [0.25, 0.3) is 0 Å². The average molecular weight is 217 g/mol. The van der Waals surface area contributed by atoms with Crippen LogP contribution in [0.1, 0.15) is 12.5 Å². The minimum Gasteiger partial charge on any atom is -0.396 e. The van der Waals surface area contributed by atoms with Gasteiger partial charge in [-0.3, -0.25) is 0 Å². The third-order valence-corrected chi connectivity index (χ3v) is 2.88. The van der Waals surface area contributed by atoms with E-state index in [1.165, 1.54) is 0 Å². The highest BCUT2D eigenvalue weighted by Crippen LogP contribution is 2.28. The Bertz CT molecular complexity index is 425. The van der Waals surface area contributed by atoms with Crippen molar-refractivity contribution < 1.29 is 4.74 Å². The number of hydrogen-bond acceptors (Lipinski definition) is 4. The maximum absolute atomic E-state index is 8.93. The SMILES string of the molecule is CC1COCCN1c1cccc(C#N)c1N. The van der Waals surface area contributed by atoms with Crippen molar-refractivity contribution in [3.63, 3.8) is 0 Å². The van der Waals surface area contributed by atoms with Crippen molar-refractivity contribution in [3.8, 4) is 6.07 Å². The number of nitrogens with zero attached hydrogens (tertiary/aromatic N) is 2. The maximum atomic E-state index is 8.93.